The van der Waals surface area contributed by atoms with Gasteiger partial charge in [0.25, 0.3) is 5.91 Å². The number of imidazole rings is 1. The zero-order valence-corrected chi connectivity index (χ0v) is 13.4. The van der Waals surface area contributed by atoms with Crippen molar-refractivity contribution in [3.63, 3.8) is 0 Å². The van der Waals surface area contributed by atoms with Gasteiger partial charge in [0.1, 0.15) is 17.4 Å². The Morgan fingerprint density at radius 3 is 2.88 bits per heavy atom. The van der Waals surface area contributed by atoms with E-state index < -0.39 is 0 Å². The van der Waals surface area contributed by atoms with E-state index in [9.17, 15) is 4.79 Å². The van der Waals surface area contributed by atoms with Crippen LogP contribution in [-0.4, -0.2) is 44.9 Å². The number of fused-ring (bicyclic) bond motifs is 1. The molecule has 0 aromatic carbocycles. The van der Waals surface area contributed by atoms with Crippen molar-refractivity contribution in [1.29, 1.82) is 0 Å². The first-order valence-electron chi connectivity index (χ1n) is 7.97. The summed E-state index contributed by atoms with van der Waals surface area (Å²) in [5.74, 6) is -0.0568. The molecule has 3 aromatic heterocycles. The van der Waals surface area contributed by atoms with Crippen LogP contribution >= 0.6 is 0 Å². The third-order valence-corrected chi connectivity index (χ3v) is 4.25. The molecule has 1 unspecified atom stereocenters. The van der Waals surface area contributed by atoms with Crippen molar-refractivity contribution >= 4 is 11.6 Å². The highest BCUT2D eigenvalue weighted by Gasteiger charge is 2.27. The Morgan fingerprint density at radius 1 is 1.21 bits per heavy atom. The molecule has 1 amide bonds. The largest absolute Gasteiger partial charge is 0.370 e. The van der Waals surface area contributed by atoms with Gasteiger partial charge in [-0.3, -0.25) is 9.78 Å². The van der Waals surface area contributed by atoms with Gasteiger partial charge in [-0.1, -0.05) is 6.07 Å². The van der Waals surface area contributed by atoms with Gasteiger partial charge in [-0.15, -0.1) is 0 Å². The summed E-state index contributed by atoms with van der Waals surface area (Å²) in [7, 11) is 0. The molecule has 1 atom stereocenters. The lowest BCUT2D eigenvalue weighted by atomic mass is 10.1. The molecule has 4 rings (SSSR count). The fourth-order valence-electron chi connectivity index (χ4n) is 2.98. The van der Waals surface area contributed by atoms with E-state index in [1.54, 1.807) is 18.6 Å². The van der Waals surface area contributed by atoms with E-state index in [2.05, 4.69) is 9.97 Å². The number of ether oxygens (including phenoxy) is 1. The van der Waals surface area contributed by atoms with Crippen LogP contribution in [-0.2, 0) is 4.74 Å². The molecule has 24 heavy (non-hydrogen) atoms. The molecule has 1 fully saturated rings. The first kappa shape index (κ1) is 14.8. The number of aryl methyl sites for hydroxylation is 1. The van der Waals surface area contributed by atoms with Crippen LogP contribution in [0.4, 0.5) is 0 Å². The summed E-state index contributed by atoms with van der Waals surface area (Å²) < 4.78 is 7.70. The van der Waals surface area contributed by atoms with Crippen molar-refractivity contribution in [2.75, 3.05) is 19.7 Å². The van der Waals surface area contributed by atoms with Crippen LogP contribution in [0.2, 0.25) is 0 Å². The molecule has 0 aliphatic carbocycles. The molecule has 1 saturated heterocycles. The number of aromatic nitrogens is 3. The minimum atomic E-state index is -0.120. The number of hydrogen-bond donors (Lipinski definition) is 0. The lowest BCUT2D eigenvalue weighted by molar-refractivity contribution is -0.0230. The highest BCUT2D eigenvalue weighted by Crippen LogP contribution is 2.22. The topological polar surface area (TPSA) is 59.7 Å². The average molecular weight is 322 g/mol. The molecule has 0 spiro atoms. The van der Waals surface area contributed by atoms with E-state index in [-0.39, 0.29) is 12.0 Å². The van der Waals surface area contributed by atoms with Crippen molar-refractivity contribution in [3.8, 4) is 0 Å². The first-order valence-corrected chi connectivity index (χ1v) is 7.97. The quantitative estimate of drug-likeness (QED) is 0.726. The SMILES string of the molecule is Cc1ccc2nc(C(=O)N3CCOC(c4ccncc4)C3)cn2c1. The highest BCUT2D eigenvalue weighted by atomic mass is 16.5. The Labute approximate surface area is 139 Å². The summed E-state index contributed by atoms with van der Waals surface area (Å²) in [5.41, 5.74) is 3.41. The monoisotopic (exact) mass is 322 g/mol. The maximum absolute atomic E-state index is 12.8. The second kappa shape index (κ2) is 6.05. The smallest absolute Gasteiger partial charge is 0.274 e. The van der Waals surface area contributed by atoms with E-state index in [1.165, 1.54) is 0 Å². The van der Waals surface area contributed by atoms with Gasteiger partial charge < -0.3 is 14.0 Å². The third kappa shape index (κ3) is 2.76. The van der Waals surface area contributed by atoms with Crippen LogP contribution in [0.5, 0.6) is 0 Å². The molecular formula is C18H18N4O2. The lowest BCUT2D eigenvalue weighted by Crippen LogP contribution is -2.42. The normalized spacial score (nSPS) is 18.0. The predicted molar refractivity (Wildman–Crippen MR) is 88.8 cm³/mol. The van der Waals surface area contributed by atoms with E-state index in [1.807, 2.05) is 46.7 Å². The number of hydrogen-bond acceptors (Lipinski definition) is 4. The lowest BCUT2D eigenvalue weighted by Gasteiger charge is -2.32. The summed E-state index contributed by atoms with van der Waals surface area (Å²) in [6.07, 6.45) is 7.12. The summed E-state index contributed by atoms with van der Waals surface area (Å²) in [6, 6.07) is 7.76. The van der Waals surface area contributed by atoms with Crippen molar-refractivity contribution in [1.82, 2.24) is 19.3 Å². The summed E-state index contributed by atoms with van der Waals surface area (Å²) >= 11 is 0. The summed E-state index contributed by atoms with van der Waals surface area (Å²) in [5, 5.41) is 0. The molecular weight excluding hydrogens is 304 g/mol. The molecule has 0 N–H and O–H groups in total. The molecule has 3 aromatic rings. The standard InChI is InChI=1S/C18H18N4O2/c1-13-2-3-17-20-15(11-22(17)10-13)18(23)21-8-9-24-16(12-21)14-4-6-19-7-5-14/h2-7,10-11,16H,8-9,12H2,1H3. The molecule has 122 valence electrons. The van der Waals surface area contributed by atoms with Gasteiger partial charge in [-0.2, -0.15) is 0 Å². The molecule has 4 heterocycles. The second-order valence-corrected chi connectivity index (χ2v) is 5.99. The van der Waals surface area contributed by atoms with Crippen molar-refractivity contribution < 1.29 is 9.53 Å². The Bertz CT molecular complexity index is 875. The second-order valence-electron chi connectivity index (χ2n) is 5.99. The number of rotatable bonds is 2. The number of pyridine rings is 2. The Balaban J connectivity index is 1.56. The maximum atomic E-state index is 12.8. The third-order valence-electron chi connectivity index (χ3n) is 4.25. The van der Waals surface area contributed by atoms with Crippen LogP contribution in [0.3, 0.4) is 0 Å². The zero-order chi connectivity index (χ0) is 16.5. The number of carbonyl (C=O) groups excluding carboxylic acids is 1. The summed E-state index contributed by atoms with van der Waals surface area (Å²) in [6.45, 7) is 3.64. The molecule has 1 aliphatic rings. The van der Waals surface area contributed by atoms with Gasteiger partial charge in [0.2, 0.25) is 0 Å². The minimum Gasteiger partial charge on any atom is -0.370 e. The molecule has 0 radical (unpaired) electrons. The Morgan fingerprint density at radius 2 is 2.04 bits per heavy atom. The molecule has 6 heteroatoms. The van der Waals surface area contributed by atoms with Gasteiger partial charge in [0, 0.05) is 31.3 Å². The van der Waals surface area contributed by atoms with Gasteiger partial charge in [0.15, 0.2) is 0 Å². The van der Waals surface area contributed by atoms with Crippen LogP contribution in [0, 0.1) is 6.92 Å². The molecule has 6 nitrogen and oxygen atoms in total. The van der Waals surface area contributed by atoms with Crippen LogP contribution in [0.15, 0.2) is 49.1 Å². The average Bonchev–Trinajstić information content (AvgIpc) is 3.05. The number of morpholine rings is 1. The number of carbonyl (C=O) groups is 1. The highest BCUT2D eigenvalue weighted by molar-refractivity contribution is 5.93. The predicted octanol–water partition coefficient (Wildman–Crippen LogP) is 2.25. The van der Waals surface area contributed by atoms with Crippen molar-refractivity contribution in [2.45, 2.75) is 13.0 Å². The van der Waals surface area contributed by atoms with Gasteiger partial charge in [0.05, 0.1) is 13.2 Å². The molecule has 1 aliphatic heterocycles. The number of amides is 1. The van der Waals surface area contributed by atoms with Gasteiger partial charge in [-0.05, 0) is 36.2 Å². The van der Waals surface area contributed by atoms with E-state index in [0.717, 1.165) is 16.8 Å². The summed E-state index contributed by atoms with van der Waals surface area (Å²) in [4.78, 5) is 23.1. The molecule has 0 bridgehead atoms. The van der Waals surface area contributed by atoms with E-state index >= 15 is 0 Å². The first-order chi connectivity index (χ1) is 11.7. The fourth-order valence-corrected chi connectivity index (χ4v) is 2.98. The van der Waals surface area contributed by atoms with Crippen LogP contribution in [0.25, 0.3) is 5.65 Å². The fraction of sp³-hybridized carbons (Fsp3) is 0.278. The maximum Gasteiger partial charge on any atom is 0.274 e. The van der Waals surface area contributed by atoms with Gasteiger partial charge in [-0.25, -0.2) is 4.98 Å². The Hall–Kier alpha value is -2.73. The molecule has 0 saturated carbocycles. The van der Waals surface area contributed by atoms with E-state index in [4.69, 9.17) is 4.74 Å². The van der Waals surface area contributed by atoms with Gasteiger partial charge >= 0.3 is 0 Å². The zero-order valence-electron chi connectivity index (χ0n) is 13.4. The van der Waals surface area contributed by atoms with Crippen LogP contribution in [0.1, 0.15) is 27.7 Å². The van der Waals surface area contributed by atoms with E-state index in [0.29, 0.717) is 25.4 Å². The Kier molecular flexibility index (Phi) is 3.74. The number of nitrogens with zero attached hydrogens (tertiary/aromatic N) is 4. The minimum absolute atomic E-state index is 0.0568. The van der Waals surface area contributed by atoms with Crippen molar-refractivity contribution in [2.24, 2.45) is 0 Å². The van der Waals surface area contributed by atoms with Crippen LogP contribution < -0.4 is 0 Å². The van der Waals surface area contributed by atoms with Crippen molar-refractivity contribution in [3.05, 3.63) is 65.9 Å².